The zero-order valence-corrected chi connectivity index (χ0v) is 10.2. The van der Waals surface area contributed by atoms with Crippen molar-refractivity contribution in [2.24, 2.45) is 0 Å². The topological polar surface area (TPSA) is 16.1 Å². The molecular formula is C15H16N2. The second-order valence-electron chi connectivity index (χ2n) is 4.07. The highest BCUT2D eigenvalue weighted by molar-refractivity contribution is 5.68. The second-order valence-corrected chi connectivity index (χ2v) is 4.07. The molecule has 17 heavy (non-hydrogen) atoms. The van der Waals surface area contributed by atoms with Gasteiger partial charge in [-0.1, -0.05) is 24.3 Å². The molecule has 2 rings (SSSR count). The Morgan fingerprint density at radius 1 is 0.941 bits per heavy atom. The first kappa shape index (κ1) is 11.4. The van der Waals surface area contributed by atoms with Crippen molar-refractivity contribution in [2.75, 3.05) is 19.0 Å². The minimum Gasteiger partial charge on any atom is -0.378 e. The Morgan fingerprint density at radius 2 is 1.71 bits per heavy atom. The molecule has 0 radical (unpaired) electrons. The normalized spacial score (nSPS) is 10.7. The Labute approximate surface area is 102 Å². The molecule has 0 aliphatic rings. The van der Waals surface area contributed by atoms with Gasteiger partial charge in [-0.25, -0.2) is 0 Å². The van der Waals surface area contributed by atoms with Gasteiger partial charge in [0.1, 0.15) is 0 Å². The van der Waals surface area contributed by atoms with E-state index in [1.165, 1.54) is 11.3 Å². The fourth-order valence-electron chi connectivity index (χ4n) is 1.54. The summed E-state index contributed by atoms with van der Waals surface area (Å²) in [6, 6.07) is 14.3. The molecule has 0 aliphatic heterocycles. The maximum Gasteiger partial charge on any atom is 0.0629 e. The maximum atomic E-state index is 4.24. The van der Waals surface area contributed by atoms with Gasteiger partial charge in [-0.3, -0.25) is 4.98 Å². The van der Waals surface area contributed by atoms with E-state index in [1.54, 1.807) is 6.20 Å². The van der Waals surface area contributed by atoms with E-state index in [0.717, 1.165) is 5.69 Å². The van der Waals surface area contributed by atoms with Crippen LogP contribution in [0, 0.1) is 0 Å². The molecule has 1 heterocycles. The number of anilines is 1. The number of hydrogen-bond acceptors (Lipinski definition) is 2. The average Bonchev–Trinajstić information content (AvgIpc) is 2.38. The summed E-state index contributed by atoms with van der Waals surface area (Å²) in [5.74, 6) is 0. The van der Waals surface area contributed by atoms with Crippen molar-refractivity contribution in [3.63, 3.8) is 0 Å². The highest BCUT2D eigenvalue weighted by atomic mass is 15.1. The predicted molar refractivity (Wildman–Crippen MR) is 73.9 cm³/mol. The lowest BCUT2D eigenvalue weighted by Gasteiger charge is -2.11. The van der Waals surface area contributed by atoms with Crippen molar-refractivity contribution in [1.82, 2.24) is 4.98 Å². The molecule has 0 amide bonds. The van der Waals surface area contributed by atoms with Crippen LogP contribution in [0.5, 0.6) is 0 Å². The second kappa shape index (κ2) is 5.30. The highest BCUT2D eigenvalue weighted by Crippen LogP contribution is 2.13. The summed E-state index contributed by atoms with van der Waals surface area (Å²) >= 11 is 0. The lowest BCUT2D eigenvalue weighted by molar-refractivity contribution is 1.13. The summed E-state index contributed by atoms with van der Waals surface area (Å²) in [6.07, 6.45) is 5.89. The molecule has 1 aromatic heterocycles. The van der Waals surface area contributed by atoms with Gasteiger partial charge < -0.3 is 4.90 Å². The highest BCUT2D eigenvalue weighted by Gasteiger charge is 1.93. The smallest absolute Gasteiger partial charge is 0.0629 e. The summed E-state index contributed by atoms with van der Waals surface area (Å²) in [4.78, 5) is 6.33. The van der Waals surface area contributed by atoms with Crippen LogP contribution in [-0.4, -0.2) is 19.1 Å². The van der Waals surface area contributed by atoms with Gasteiger partial charge >= 0.3 is 0 Å². The lowest BCUT2D eigenvalue weighted by atomic mass is 10.1. The third-order valence-corrected chi connectivity index (χ3v) is 2.54. The van der Waals surface area contributed by atoms with Crippen molar-refractivity contribution in [3.8, 4) is 0 Å². The minimum atomic E-state index is 0.976. The number of benzene rings is 1. The molecular weight excluding hydrogens is 208 g/mol. The van der Waals surface area contributed by atoms with Gasteiger partial charge in [-0.15, -0.1) is 0 Å². The number of pyridine rings is 1. The minimum absolute atomic E-state index is 0.976. The first-order valence-corrected chi connectivity index (χ1v) is 5.62. The van der Waals surface area contributed by atoms with E-state index < -0.39 is 0 Å². The van der Waals surface area contributed by atoms with E-state index in [4.69, 9.17) is 0 Å². The van der Waals surface area contributed by atoms with Crippen molar-refractivity contribution in [1.29, 1.82) is 0 Å². The van der Waals surface area contributed by atoms with Crippen molar-refractivity contribution in [2.45, 2.75) is 0 Å². The fourth-order valence-corrected chi connectivity index (χ4v) is 1.54. The van der Waals surface area contributed by atoms with Gasteiger partial charge in [0.2, 0.25) is 0 Å². The maximum absolute atomic E-state index is 4.24. The monoisotopic (exact) mass is 224 g/mol. The Morgan fingerprint density at radius 3 is 2.29 bits per heavy atom. The standard InChI is InChI=1S/C15H16N2/c1-17(2)15-10-7-13(8-11-15)6-9-14-5-3-4-12-16-14/h3-12H,1-2H3/b9-6+. The van der Waals surface area contributed by atoms with Crippen LogP contribution in [0.1, 0.15) is 11.3 Å². The van der Waals surface area contributed by atoms with Crippen LogP contribution in [-0.2, 0) is 0 Å². The summed E-state index contributed by atoms with van der Waals surface area (Å²) in [7, 11) is 4.08. The van der Waals surface area contributed by atoms with Crippen LogP contribution in [0.2, 0.25) is 0 Å². The molecule has 86 valence electrons. The third-order valence-electron chi connectivity index (χ3n) is 2.54. The molecule has 1 aromatic carbocycles. The Balaban J connectivity index is 2.12. The van der Waals surface area contributed by atoms with Crippen molar-refractivity contribution in [3.05, 3.63) is 59.9 Å². The van der Waals surface area contributed by atoms with Gasteiger partial charge in [0.25, 0.3) is 0 Å². The van der Waals surface area contributed by atoms with E-state index >= 15 is 0 Å². The molecule has 2 nitrogen and oxygen atoms in total. The fraction of sp³-hybridized carbons (Fsp3) is 0.133. The molecule has 0 N–H and O–H groups in total. The van der Waals surface area contributed by atoms with Crippen molar-refractivity contribution < 1.29 is 0 Å². The predicted octanol–water partition coefficient (Wildman–Crippen LogP) is 3.32. The average molecular weight is 224 g/mol. The van der Waals surface area contributed by atoms with Crippen LogP contribution >= 0.6 is 0 Å². The van der Waals surface area contributed by atoms with E-state index in [1.807, 2.05) is 38.4 Å². The quantitative estimate of drug-likeness (QED) is 0.795. The lowest BCUT2D eigenvalue weighted by Crippen LogP contribution is -2.07. The number of aromatic nitrogens is 1. The van der Waals surface area contributed by atoms with Crippen LogP contribution in [0.15, 0.2) is 48.7 Å². The van der Waals surface area contributed by atoms with Gasteiger partial charge in [0.05, 0.1) is 5.69 Å². The van der Waals surface area contributed by atoms with E-state index in [9.17, 15) is 0 Å². The molecule has 0 saturated heterocycles. The number of nitrogens with zero attached hydrogens (tertiary/aromatic N) is 2. The molecule has 0 saturated carbocycles. The first-order chi connectivity index (χ1) is 8.25. The molecule has 2 aromatic rings. The largest absolute Gasteiger partial charge is 0.378 e. The molecule has 0 spiro atoms. The molecule has 0 unspecified atom stereocenters. The zero-order chi connectivity index (χ0) is 12.1. The van der Waals surface area contributed by atoms with E-state index in [0.29, 0.717) is 0 Å². The van der Waals surface area contributed by atoms with Crippen LogP contribution in [0.3, 0.4) is 0 Å². The Hall–Kier alpha value is -2.09. The zero-order valence-electron chi connectivity index (χ0n) is 10.2. The van der Waals surface area contributed by atoms with Crippen LogP contribution < -0.4 is 4.90 Å². The third kappa shape index (κ3) is 3.18. The van der Waals surface area contributed by atoms with Crippen LogP contribution in [0.25, 0.3) is 12.2 Å². The summed E-state index contributed by atoms with van der Waals surface area (Å²) in [5, 5.41) is 0. The number of hydrogen-bond donors (Lipinski definition) is 0. The molecule has 0 atom stereocenters. The Bertz CT molecular complexity index is 484. The van der Waals surface area contributed by atoms with Gasteiger partial charge in [-0.05, 0) is 35.9 Å². The van der Waals surface area contributed by atoms with Crippen LogP contribution in [0.4, 0.5) is 5.69 Å². The van der Waals surface area contributed by atoms with Gasteiger partial charge in [-0.2, -0.15) is 0 Å². The molecule has 0 fully saturated rings. The Kier molecular flexibility index (Phi) is 3.55. The first-order valence-electron chi connectivity index (χ1n) is 5.62. The summed E-state index contributed by atoms with van der Waals surface area (Å²) < 4.78 is 0. The van der Waals surface area contributed by atoms with E-state index in [2.05, 4.69) is 40.2 Å². The molecule has 0 bridgehead atoms. The van der Waals surface area contributed by atoms with E-state index in [-0.39, 0.29) is 0 Å². The summed E-state index contributed by atoms with van der Waals surface area (Å²) in [5.41, 5.74) is 3.37. The van der Waals surface area contributed by atoms with Crippen molar-refractivity contribution >= 4 is 17.8 Å². The summed E-state index contributed by atoms with van der Waals surface area (Å²) in [6.45, 7) is 0. The SMILES string of the molecule is CN(C)c1ccc(/C=C/c2ccccn2)cc1. The molecule has 2 heteroatoms. The van der Waals surface area contributed by atoms with Gasteiger partial charge in [0, 0.05) is 26.0 Å². The number of rotatable bonds is 3. The van der Waals surface area contributed by atoms with Gasteiger partial charge in [0.15, 0.2) is 0 Å². The molecule has 0 aliphatic carbocycles.